The van der Waals surface area contributed by atoms with Gasteiger partial charge in [-0.25, -0.2) is 0 Å². The molecule has 57 heavy (non-hydrogen) atoms. The smallest absolute Gasteiger partial charge is 0.211 e. The highest BCUT2D eigenvalue weighted by Gasteiger charge is 2.17. The van der Waals surface area contributed by atoms with Crippen molar-refractivity contribution < 1.29 is 46.7 Å². The van der Waals surface area contributed by atoms with Gasteiger partial charge in [-0.3, -0.25) is 9.59 Å². The number of H-pyrrole nitrogens is 1. The SMILES string of the molecule is C#CCOc1cc(OC)c2c(=O)cc(-c3ccc(OC)c(OC)c3)oc2c1.COc1ccc(-c2cc(=O)c3c(OC)cc(OCc4nn[nH]n4)cc3o2)cc1OC. The number of benzene rings is 4. The van der Waals surface area contributed by atoms with Gasteiger partial charge in [0.1, 0.15) is 63.1 Å². The van der Waals surface area contributed by atoms with Crippen LogP contribution in [0.5, 0.6) is 46.0 Å². The maximum atomic E-state index is 12.8. The van der Waals surface area contributed by atoms with Gasteiger partial charge >= 0.3 is 0 Å². The molecule has 0 unspecified atom stereocenters. The van der Waals surface area contributed by atoms with E-state index in [0.717, 1.165) is 0 Å². The number of terminal acetylenes is 1. The molecule has 7 rings (SSSR count). The van der Waals surface area contributed by atoms with E-state index >= 15 is 0 Å². The van der Waals surface area contributed by atoms with Gasteiger partial charge < -0.3 is 46.7 Å². The number of hydrogen-bond acceptors (Lipinski definition) is 15. The Morgan fingerprint density at radius 2 is 1.07 bits per heavy atom. The molecule has 3 aromatic heterocycles. The first-order valence-corrected chi connectivity index (χ1v) is 16.9. The quantitative estimate of drug-likeness (QED) is 0.133. The van der Waals surface area contributed by atoms with Crippen LogP contribution in [0.1, 0.15) is 5.82 Å². The Bertz CT molecular complexity index is 2680. The Kier molecular flexibility index (Phi) is 12.1. The van der Waals surface area contributed by atoms with Crippen molar-refractivity contribution in [3.8, 4) is 81.0 Å². The molecule has 0 atom stereocenters. The second kappa shape index (κ2) is 17.6. The van der Waals surface area contributed by atoms with Crippen molar-refractivity contribution >= 4 is 21.9 Å². The van der Waals surface area contributed by atoms with Gasteiger partial charge in [0.15, 0.2) is 40.5 Å². The molecule has 0 fully saturated rings. The average Bonchev–Trinajstić information content (AvgIpc) is 3.77. The molecule has 7 aromatic rings. The zero-order valence-corrected chi connectivity index (χ0v) is 31.7. The number of ether oxygens (including phenoxy) is 8. The van der Waals surface area contributed by atoms with Gasteiger partial charge in [-0.1, -0.05) is 11.1 Å². The number of aromatic amines is 1. The van der Waals surface area contributed by atoms with Crippen LogP contribution < -0.4 is 48.8 Å². The standard InChI is InChI=1S/C21H18O6.C20H18N4O6/c1-5-8-26-14-10-19(25-4)21-15(22)12-17(27-20(21)11-14)13-6-7-16(23-2)18(9-13)24-3;1-26-14-5-4-11(6-16(14)27-2)15-9-13(25)20-17(28-3)7-12(8-18(20)30-15)29-10-19-21-23-24-22-19/h1,6-7,9-12H,8H2,2-4H3;4-9H,10H2,1-3H3,(H,21,22,23,24). The zero-order chi connectivity index (χ0) is 40.5. The summed E-state index contributed by atoms with van der Waals surface area (Å²) in [6, 6.07) is 19.8. The Morgan fingerprint density at radius 1 is 0.596 bits per heavy atom. The molecule has 0 aliphatic carbocycles. The first kappa shape index (κ1) is 39.0. The maximum absolute atomic E-state index is 12.8. The van der Waals surface area contributed by atoms with E-state index in [1.54, 1.807) is 74.9 Å². The summed E-state index contributed by atoms with van der Waals surface area (Å²) in [5.74, 6) is 7.29. The number of nitrogens with one attached hydrogen (secondary N) is 1. The van der Waals surface area contributed by atoms with Crippen LogP contribution in [0.15, 0.2) is 91.2 Å². The lowest BCUT2D eigenvalue weighted by molar-refractivity contribution is 0.294. The summed E-state index contributed by atoms with van der Waals surface area (Å²) in [5.41, 5.74) is 1.49. The number of methoxy groups -OCH3 is 6. The lowest BCUT2D eigenvalue weighted by Gasteiger charge is -2.11. The fourth-order valence-corrected chi connectivity index (χ4v) is 5.73. The number of hydrogen-bond donors (Lipinski definition) is 1. The van der Waals surface area contributed by atoms with Crippen LogP contribution in [-0.2, 0) is 6.61 Å². The molecule has 4 aromatic carbocycles. The normalized spacial score (nSPS) is 10.5. The Hall–Kier alpha value is -7.67. The summed E-state index contributed by atoms with van der Waals surface area (Å²) in [4.78, 5) is 25.5. The van der Waals surface area contributed by atoms with E-state index in [9.17, 15) is 9.59 Å². The Balaban J connectivity index is 0.000000194. The first-order valence-electron chi connectivity index (χ1n) is 16.9. The molecule has 0 bridgehead atoms. The number of aromatic nitrogens is 4. The van der Waals surface area contributed by atoms with Crippen LogP contribution >= 0.6 is 0 Å². The molecule has 0 radical (unpaired) electrons. The van der Waals surface area contributed by atoms with Gasteiger partial charge in [-0.05, 0) is 36.4 Å². The summed E-state index contributed by atoms with van der Waals surface area (Å²) in [6.45, 7) is 0.180. The predicted octanol–water partition coefficient (Wildman–Crippen LogP) is 6.08. The summed E-state index contributed by atoms with van der Waals surface area (Å²) < 4.78 is 54.9. The Labute approximate surface area is 324 Å². The molecule has 0 amide bonds. The first-order chi connectivity index (χ1) is 27.7. The molecular formula is C41H36N4O12. The van der Waals surface area contributed by atoms with Crippen molar-refractivity contribution in [3.63, 3.8) is 0 Å². The van der Waals surface area contributed by atoms with Crippen molar-refractivity contribution in [1.82, 2.24) is 20.6 Å². The average molecular weight is 777 g/mol. The van der Waals surface area contributed by atoms with E-state index in [2.05, 4.69) is 26.5 Å². The van der Waals surface area contributed by atoms with Crippen LogP contribution in [0.3, 0.4) is 0 Å². The van der Waals surface area contributed by atoms with Crippen LogP contribution in [0.4, 0.5) is 0 Å². The lowest BCUT2D eigenvalue weighted by Crippen LogP contribution is -2.04. The monoisotopic (exact) mass is 776 g/mol. The van der Waals surface area contributed by atoms with Crippen molar-refractivity contribution in [2.24, 2.45) is 0 Å². The topological polar surface area (TPSA) is 189 Å². The Morgan fingerprint density at radius 3 is 1.49 bits per heavy atom. The third-order valence-corrected chi connectivity index (χ3v) is 8.39. The van der Waals surface area contributed by atoms with Gasteiger partial charge in [0.25, 0.3) is 0 Å². The third kappa shape index (κ3) is 8.52. The number of tetrazole rings is 1. The highest BCUT2D eigenvalue weighted by Crippen LogP contribution is 2.37. The molecule has 0 aliphatic heterocycles. The fraction of sp³-hybridized carbons (Fsp3) is 0.195. The highest BCUT2D eigenvalue weighted by molar-refractivity contribution is 5.87. The van der Waals surface area contributed by atoms with E-state index in [0.29, 0.717) is 96.4 Å². The van der Waals surface area contributed by atoms with Crippen LogP contribution in [0, 0.1) is 12.3 Å². The van der Waals surface area contributed by atoms with Gasteiger partial charge in [-0.2, -0.15) is 5.21 Å². The second-order valence-corrected chi connectivity index (χ2v) is 11.7. The molecule has 1 N–H and O–H groups in total. The largest absolute Gasteiger partial charge is 0.496 e. The van der Waals surface area contributed by atoms with E-state index in [1.807, 2.05) is 0 Å². The third-order valence-electron chi connectivity index (χ3n) is 8.39. The van der Waals surface area contributed by atoms with Crippen molar-refractivity contribution in [2.75, 3.05) is 49.3 Å². The van der Waals surface area contributed by atoms with E-state index in [-0.39, 0.29) is 24.1 Å². The molecule has 16 heteroatoms. The maximum Gasteiger partial charge on any atom is 0.211 e. The van der Waals surface area contributed by atoms with E-state index in [1.165, 1.54) is 40.6 Å². The van der Waals surface area contributed by atoms with Crippen LogP contribution in [0.25, 0.3) is 44.6 Å². The van der Waals surface area contributed by atoms with Gasteiger partial charge in [-0.15, -0.1) is 16.6 Å². The second-order valence-electron chi connectivity index (χ2n) is 11.7. The minimum absolute atomic E-state index is 0.0881. The van der Waals surface area contributed by atoms with Crippen molar-refractivity contribution in [2.45, 2.75) is 6.61 Å². The summed E-state index contributed by atoms with van der Waals surface area (Å²) in [7, 11) is 9.13. The van der Waals surface area contributed by atoms with E-state index in [4.69, 9.17) is 53.2 Å². The molecule has 0 saturated heterocycles. The molecule has 0 spiro atoms. The minimum Gasteiger partial charge on any atom is -0.496 e. The molecule has 3 heterocycles. The minimum atomic E-state index is -0.248. The molecule has 0 saturated carbocycles. The van der Waals surface area contributed by atoms with Gasteiger partial charge in [0, 0.05) is 47.5 Å². The number of rotatable bonds is 13. The number of fused-ring (bicyclic) bond motifs is 2. The van der Waals surface area contributed by atoms with Gasteiger partial charge in [0.2, 0.25) is 5.82 Å². The van der Waals surface area contributed by atoms with Crippen LogP contribution in [-0.4, -0.2) is 69.9 Å². The van der Waals surface area contributed by atoms with Crippen molar-refractivity contribution in [3.05, 3.63) is 99.1 Å². The highest BCUT2D eigenvalue weighted by atomic mass is 16.5. The fourth-order valence-electron chi connectivity index (χ4n) is 5.73. The molecule has 0 aliphatic rings. The van der Waals surface area contributed by atoms with Crippen LogP contribution in [0.2, 0.25) is 0 Å². The van der Waals surface area contributed by atoms with Gasteiger partial charge in [0.05, 0.1) is 42.7 Å². The zero-order valence-electron chi connectivity index (χ0n) is 31.7. The van der Waals surface area contributed by atoms with Crippen molar-refractivity contribution in [1.29, 1.82) is 0 Å². The molecule has 292 valence electrons. The predicted molar refractivity (Wildman–Crippen MR) is 208 cm³/mol. The summed E-state index contributed by atoms with van der Waals surface area (Å²) >= 11 is 0. The summed E-state index contributed by atoms with van der Waals surface area (Å²) in [5, 5.41) is 14.1. The summed E-state index contributed by atoms with van der Waals surface area (Å²) in [6.07, 6.45) is 5.23. The van der Waals surface area contributed by atoms with E-state index < -0.39 is 0 Å². The lowest BCUT2D eigenvalue weighted by atomic mass is 10.1. The number of nitrogens with zero attached hydrogens (tertiary/aromatic N) is 3. The molecule has 16 nitrogen and oxygen atoms in total. The molecular weight excluding hydrogens is 740 g/mol.